The zero-order chi connectivity index (χ0) is 11.5. The van der Waals surface area contributed by atoms with Gasteiger partial charge in [-0.3, -0.25) is 9.69 Å². The van der Waals surface area contributed by atoms with Crippen LogP contribution in [-0.2, 0) is 11.3 Å². The van der Waals surface area contributed by atoms with Crippen LogP contribution in [0.4, 0.5) is 0 Å². The molecule has 0 N–H and O–H groups in total. The van der Waals surface area contributed by atoms with Gasteiger partial charge in [-0.1, -0.05) is 0 Å². The van der Waals surface area contributed by atoms with E-state index in [0.29, 0.717) is 5.89 Å². The minimum Gasteiger partial charge on any atom is -0.449 e. The summed E-state index contributed by atoms with van der Waals surface area (Å²) >= 11 is 0. The van der Waals surface area contributed by atoms with Crippen molar-refractivity contribution in [2.24, 2.45) is 0 Å². The first-order valence-electron chi connectivity index (χ1n) is 5.54. The minimum atomic E-state index is 0.164. The number of aryl methyl sites for hydroxylation is 1. The van der Waals surface area contributed by atoms with Crippen LogP contribution in [-0.4, -0.2) is 46.9 Å². The van der Waals surface area contributed by atoms with Gasteiger partial charge in [0.2, 0.25) is 5.91 Å². The molecule has 88 valence electrons. The third kappa shape index (κ3) is 2.61. The van der Waals surface area contributed by atoms with Gasteiger partial charge in [-0.15, -0.1) is 0 Å². The van der Waals surface area contributed by atoms with Crippen molar-refractivity contribution in [2.75, 3.05) is 26.2 Å². The highest BCUT2D eigenvalue weighted by molar-refractivity contribution is 5.73. The summed E-state index contributed by atoms with van der Waals surface area (Å²) in [5, 5.41) is 0. The van der Waals surface area contributed by atoms with Crippen LogP contribution >= 0.6 is 0 Å². The molecule has 0 aromatic carbocycles. The summed E-state index contributed by atoms with van der Waals surface area (Å²) in [6.07, 6.45) is 1.70. The second-order valence-corrected chi connectivity index (χ2v) is 4.14. The van der Waals surface area contributed by atoms with Crippen molar-refractivity contribution in [1.82, 2.24) is 14.8 Å². The van der Waals surface area contributed by atoms with Gasteiger partial charge in [0.25, 0.3) is 0 Å². The monoisotopic (exact) mass is 223 g/mol. The Balaban J connectivity index is 1.83. The third-order valence-corrected chi connectivity index (χ3v) is 2.87. The lowest BCUT2D eigenvalue weighted by atomic mass is 10.3. The fourth-order valence-corrected chi connectivity index (χ4v) is 1.93. The lowest BCUT2D eigenvalue weighted by molar-refractivity contribution is -0.130. The van der Waals surface area contributed by atoms with Gasteiger partial charge in [-0.2, -0.15) is 0 Å². The molecule has 2 heterocycles. The van der Waals surface area contributed by atoms with Crippen LogP contribution in [0.25, 0.3) is 0 Å². The summed E-state index contributed by atoms with van der Waals surface area (Å²) in [6.45, 7) is 7.71. The molecule has 0 saturated carbocycles. The van der Waals surface area contributed by atoms with Gasteiger partial charge in [-0.25, -0.2) is 4.98 Å². The Labute approximate surface area is 95.0 Å². The molecular formula is C11H17N3O2. The summed E-state index contributed by atoms with van der Waals surface area (Å²) in [6, 6.07) is 0. The van der Waals surface area contributed by atoms with E-state index in [-0.39, 0.29) is 5.91 Å². The van der Waals surface area contributed by atoms with Crippen LogP contribution in [0.3, 0.4) is 0 Å². The maximum Gasteiger partial charge on any atom is 0.219 e. The van der Waals surface area contributed by atoms with Crippen molar-refractivity contribution >= 4 is 5.91 Å². The molecule has 0 unspecified atom stereocenters. The van der Waals surface area contributed by atoms with E-state index in [0.717, 1.165) is 38.4 Å². The van der Waals surface area contributed by atoms with E-state index in [1.54, 1.807) is 13.2 Å². The van der Waals surface area contributed by atoms with Crippen molar-refractivity contribution in [3.63, 3.8) is 0 Å². The molecule has 1 aromatic heterocycles. The van der Waals surface area contributed by atoms with Gasteiger partial charge in [0.05, 0.1) is 5.69 Å². The number of carbonyl (C=O) groups excluding carboxylic acids is 1. The number of carbonyl (C=O) groups is 1. The van der Waals surface area contributed by atoms with Crippen molar-refractivity contribution in [3.05, 3.63) is 17.8 Å². The standard InChI is InChI=1S/C11H17N3O2/c1-9-12-11(8-16-9)7-13-3-5-14(6-4-13)10(2)15/h8H,3-7H2,1-2H3. The van der Waals surface area contributed by atoms with E-state index in [1.807, 2.05) is 11.8 Å². The average molecular weight is 223 g/mol. The van der Waals surface area contributed by atoms with Gasteiger partial charge < -0.3 is 9.32 Å². The highest BCUT2D eigenvalue weighted by Gasteiger charge is 2.19. The van der Waals surface area contributed by atoms with E-state index in [4.69, 9.17) is 4.42 Å². The molecule has 1 aliphatic rings. The molecule has 0 spiro atoms. The third-order valence-electron chi connectivity index (χ3n) is 2.87. The normalized spacial score (nSPS) is 17.8. The zero-order valence-corrected chi connectivity index (χ0v) is 9.77. The molecule has 5 heteroatoms. The Kier molecular flexibility index (Phi) is 3.24. The fourth-order valence-electron chi connectivity index (χ4n) is 1.93. The summed E-state index contributed by atoms with van der Waals surface area (Å²) < 4.78 is 5.16. The largest absolute Gasteiger partial charge is 0.449 e. The first-order valence-corrected chi connectivity index (χ1v) is 5.54. The van der Waals surface area contributed by atoms with Crippen molar-refractivity contribution in [2.45, 2.75) is 20.4 Å². The summed E-state index contributed by atoms with van der Waals surface area (Å²) in [4.78, 5) is 19.6. The fraction of sp³-hybridized carbons (Fsp3) is 0.636. The molecule has 0 aliphatic carbocycles. The SMILES string of the molecule is CC(=O)N1CCN(Cc2coc(C)n2)CC1. The topological polar surface area (TPSA) is 49.6 Å². The molecule has 1 aliphatic heterocycles. The van der Waals surface area contributed by atoms with Gasteiger partial charge in [0.15, 0.2) is 5.89 Å². The van der Waals surface area contributed by atoms with Crippen LogP contribution in [0.1, 0.15) is 18.5 Å². The quantitative estimate of drug-likeness (QED) is 0.738. The Hall–Kier alpha value is -1.36. The van der Waals surface area contributed by atoms with Crippen molar-refractivity contribution < 1.29 is 9.21 Å². The van der Waals surface area contributed by atoms with Crippen LogP contribution < -0.4 is 0 Å². The van der Waals surface area contributed by atoms with Crippen molar-refractivity contribution in [1.29, 1.82) is 0 Å². The Bertz CT molecular complexity index is 367. The molecule has 16 heavy (non-hydrogen) atoms. The van der Waals surface area contributed by atoms with E-state index in [1.165, 1.54) is 0 Å². The van der Waals surface area contributed by atoms with E-state index < -0.39 is 0 Å². The predicted molar refractivity (Wildman–Crippen MR) is 58.8 cm³/mol. The molecular weight excluding hydrogens is 206 g/mol. The molecule has 1 aromatic rings. The van der Waals surface area contributed by atoms with Gasteiger partial charge in [0, 0.05) is 46.6 Å². The van der Waals surface area contributed by atoms with E-state index >= 15 is 0 Å². The molecule has 0 atom stereocenters. The van der Waals surface area contributed by atoms with E-state index in [2.05, 4.69) is 9.88 Å². The Morgan fingerprint density at radius 1 is 1.44 bits per heavy atom. The van der Waals surface area contributed by atoms with Crippen LogP contribution in [0.2, 0.25) is 0 Å². The maximum atomic E-state index is 11.1. The molecule has 0 bridgehead atoms. The highest BCUT2D eigenvalue weighted by Crippen LogP contribution is 2.08. The van der Waals surface area contributed by atoms with E-state index in [9.17, 15) is 4.79 Å². The second kappa shape index (κ2) is 4.65. The maximum absolute atomic E-state index is 11.1. The number of nitrogens with zero attached hydrogens (tertiary/aromatic N) is 3. The summed E-state index contributed by atoms with van der Waals surface area (Å²) in [5.74, 6) is 0.870. The molecule has 0 radical (unpaired) electrons. The van der Waals surface area contributed by atoms with Crippen molar-refractivity contribution in [3.8, 4) is 0 Å². The number of hydrogen-bond donors (Lipinski definition) is 0. The number of hydrogen-bond acceptors (Lipinski definition) is 4. The number of rotatable bonds is 2. The molecule has 5 nitrogen and oxygen atoms in total. The second-order valence-electron chi connectivity index (χ2n) is 4.14. The number of aromatic nitrogens is 1. The van der Waals surface area contributed by atoms with Gasteiger partial charge >= 0.3 is 0 Å². The first-order chi connectivity index (χ1) is 7.65. The van der Waals surface area contributed by atoms with Crippen LogP contribution in [0.15, 0.2) is 10.7 Å². The number of oxazole rings is 1. The van der Waals surface area contributed by atoms with Crippen LogP contribution in [0.5, 0.6) is 0 Å². The zero-order valence-electron chi connectivity index (χ0n) is 9.77. The Morgan fingerprint density at radius 2 is 2.12 bits per heavy atom. The molecule has 1 saturated heterocycles. The predicted octanol–water partition coefficient (Wildman–Crippen LogP) is 0.647. The molecule has 2 rings (SSSR count). The lowest BCUT2D eigenvalue weighted by Gasteiger charge is -2.33. The average Bonchev–Trinajstić information content (AvgIpc) is 2.65. The minimum absolute atomic E-state index is 0.164. The van der Waals surface area contributed by atoms with Gasteiger partial charge in [-0.05, 0) is 0 Å². The summed E-state index contributed by atoms with van der Waals surface area (Å²) in [7, 11) is 0. The summed E-state index contributed by atoms with van der Waals surface area (Å²) in [5.41, 5.74) is 0.966. The smallest absolute Gasteiger partial charge is 0.219 e. The number of amides is 1. The highest BCUT2D eigenvalue weighted by atomic mass is 16.3. The van der Waals surface area contributed by atoms with Crippen LogP contribution in [0, 0.1) is 6.92 Å². The lowest BCUT2D eigenvalue weighted by Crippen LogP contribution is -2.47. The number of piperazine rings is 1. The van der Waals surface area contributed by atoms with Gasteiger partial charge in [0.1, 0.15) is 6.26 Å². The molecule has 1 fully saturated rings. The Morgan fingerprint density at radius 3 is 2.62 bits per heavy atom. The first kappa shape index (κ1) is 11.1. The molecule has 1 amide bonds.